The molecule has 1 N–H and O–H groups in total. The minimum absolute atomic E-state index is 0.0983. The molecule has 0 amide bonds. The molecular formula is C28H33NO6. The van der Waals surface area contributed by atoms with Gasteiger partial charge in [0.2, 0.25) is 0 Å². The van der Waals surface area contributed by atoms with Gasteiger partial charge in [-0.05, 0) is 65.4 Å². The fraction of sp³-hybridized carbons (Fsp3) is 0.357. The molecule has 0 saturated carbocycles. The van der Waals surface area contributed by atoms with Crippen molar-refractivity contribution in [3.63, 3.8) is 0 Å². The summed E-state index contributed by atoms with van der Waals surface area (Å²) in [6, 6.07) is 15.6. The molecule has 2 aliphatic rings. The van der Waals surface area contributed by atoms with Crippen LogP contribution < -0.4 is 18.9 Å². The number of aromatic hydroxyl groups is 1. The van der Waals surface area contributed by atoms with Crippen molar-refractivity contribution in [3.05, 3.63) is 65.2 Å². The lowest BCUT2D eigenvalue weighted by molar-refractivity contribution is 0.0737. The first-order valence-corrected chi connectivity index (χ1v) is 11.6. The van der Waals surface area contributed by atoms with E-state index in [4.69, 9.17) is 18.9 Å². The van der Waals surface area contributed by atoms with Gasteiger partial charge in [0.1, 0.15) is 12.5 Å². The lowest BCUT2D eigenvalue weighted by Gasteiger charge is -2.41. The first-order valence-electron chi connectivity index (χ1n) is 11.6. The molecule has 1 unspecified atom stereocenters. The van der Waals surface area contributed by atoms with Gasteiger partial charge in [-0.2, -0.15) is 0 Å². The van der Waals surface area contributed by atoms with E-state index in [1.807, 2.05) is 42.5 Å². The number of para-hydroxylation sites is 2. The number of ether oxygens (including phenoxy) is 5. The molecule has 0 fully saturated rings. The number of hydrogen-bond donors (Lipinski definition) is 1. The van der Waals surface area contributed by atoms with Gasteiger partial charge in [0.05, 0.1) is 21.3 Å². The normalized spacial score (nSPS) is 15.7. The topological polar surface area (TPSA) is 69.6 Å². The Morgan fingerprint density at radius 3 is 2.17 bits per heavy atom. The Labute approximate surface area is 206 Å². The molecule has 0 radical (unpaired) electrons. The third-order valence-electron chi connectivity index (χ3n) is 6.50. The van der Waals surface area contributed by atoms with Crippen LogP contribution in [0.5, 0.6) is 28.7 Å². The molecule has 0 spiro atoms. The average Bonchev–Trinajstić information content (AvgIpc) is 2.89. The van der Waals surface area contributed by atoms with Crippen molar-refractivity contribution in [2.24, 2.45) is 0 Å². The van der Waals surface area contributed by atoms with Crippen LogP contribution in [0.3, 0.4) is 0 Å². The molecule has 186 valence electrons. The van der Waals surface area contributed by atoms with Crippen LogP contribution in [0, 0.1) is 0 Å². The Kier molecular flexibility index (Phi) is 7.68. The highest BCUT2D eigenvalue weighted by Gasteiger charge is 2.36. The fourth-order valence-electron chi connectivity index (χ4n) is 4.94. The van der Waals surface area contributed by atoms with Crippen LogP contribution in [0.1, 0.15) is 22.7 Å². The van der Waals surface area contributed by atoms with E-state index >= 15 is 0 Å². The van der Waals surface area contributed by atoms with Gasteiger partial charge in [-0.1, -0.05) is 18.2 Å². The number of benzene rings is 3. The zero-order valence-corrected chi connectivity index (χ0v) is 21.0. The summed E-state index contributed by atoms with van der Waals surface area (Å²) in [4.78, 5) is 2.33. The summed E-state index contributed by atoms with van der Waals surface area (Å²) >= 11 is 0. The molecule has 35 heavy (non-hydrogen) atoms. The summed E-state index contributed by atoms with van der Waals surface area (Å²) in [5.41, 5.74) is 5.46. The van der Waals surface area contributed by atoms with E-state index in [9.17, 15) is 5.11 Å². The van der Waals surface area contributed by atoms with Crippen LogP contribution in [-0.2, 0) is 17.6 Å². The van der Waals surface area contributed by atoms with Crippen LogP contribution >= 0.6 is 0 Å². The molecule has 0 saturated heterocycles. The van der Waals surface area contributed by atoms with Gasteiger partial charge in [-0.15, -0.1) is 0 Å². The van der Waals surface area contributed by atoms with Crippen molar-refractivity contribution in [2.45, 2.75) is 18.9 Å². The number of nitrogens with zero attached hydrogens (tertiary/aromatic N) is 1. The zero-order chi connectivity index (χ0) is 24.9. The monoisotopic (exact) mass is 479 g/mol. The number of fused-ring (bicyclic) bond motifs is 2. The molecule has 3 aromatic rings. The summed E-state index contributed by atoms with van der Waals surface area (Å²) in [5, 5.41) is 10.9. The molecule has 1 aliphatic carbocycles. The Bertz CT molecular complexity index is 1180. The van der Waals surface area contributed by atoms with E-state index in [2.05, 4.69) is 9.64 Å². The molecule has 1 aliphatic heterocycles. The highest BCUT2D eigenvalue weighted by Crippen LogP contribution is 2.51. The molecule has 0 bridgehead atoms. The fourth-order valence-corrected chi connectivity index (χ4v) is 4.94. The Morgan fingerprint density at radius 1 is 0.829 bits per heavy atom. The van der Waals surface area contributed by atoms with Gasteiger partial charge in [0, 0.05) is 32.4 Å². The number of rotatable bonds is 6. The lowest BCUT2D eigenvalue weighted by atomic mass is 9.76. The number of phenolic OH excluding ortho intramolecular Hbond substituents is 1. The van der Waals surface area contributed by atoms with E-state index in [0.29, 0.717) is 24.0 Å². The van der Waals surface area contributed by atoms with Crippen molar-refractivity contribution in [1.29, 1.82) is 0 Å². The zero-order valence-electron chi connectivity index (χ0n) is 21.0. The van der Waals surface area contributed by atoms with Crippen LogP contribution in [0.4, 0.5) is 0 Å². The second-order valence-corrected chi connectivity index (χ2v) is 8.51. The van der Waals surface area contributed by atoms with Gasteiger partial charge in [0.15, 0.2) is 23.0 Å². The quantitative estimate of drug-likeness (QED) is 0.543. The van der Waals surface area contributed by atoms with Crippen LogP contribution in [-0.4, -0.2) is 58.8 Å². The first kappa shape index (κ1) is 24.7. The predicted octanol–water partition coefficient (Wildman–Crippen LogP) is 4.84. The molecular weight excluding hydrogens is 446 g/mol. The summed E-state index contributed by atoms with van der Waals surface area (Å²) in [5.74, 6) is 3.08. The first-order chi connectivity index (χ1) is 17.1. The van der Waals surface area contributed by atoms with Crippen LogP contribution in [0.15, 0.2) is 48.5 Å². The van der Waals surface area contributed by atoms with E-state index in [0.717, 1.165) is 41.8 Å². The van der Waals surface area contributed by atoms with Crippen molar-refractivity contribution in [2.75, 3.05) is 48.8 Å². The number of phenols is 1. The summed E-state index contributed by atoms with van der Waals surface area (Å²) < 4.78 is 26.9. The third-order valence-corrected chi connectivity index (χ3v) is 6.50. The maximum atomic E-state index is 10.9. The predicted molar refractivity (Wildman–Crippen MR) is 135 cm³/mol. The van der Waals surface area contributed by atoms with Crippen LogP contribution in [0.2, 0.25) is 0 Å². The maximum Gasteiger partial charge on any atom is 0.163 e. The van der Waals surface area contributed by atoms with Gasteiger partial charge in [-0.25, -0.2) is 0 Å². The smallest absolute Gasteiger partial charge is 0.163 e. The van der Waals surface area contributed by atoms with Gasteiger partial charge in [0.25, 0.3) is 0 Å². The molecule has 0 aromatic heterocycles. The lowest BCUT2D eigenvalue weighted by Crippen LogP contribution is -2.40. The molecule has 1 heterocycles. The molecule has 7 nitrogen and oxygen atoms in total. The highest BCUT2D eigenvalue weighted by molar-refractivity contribution is 5.82. The van der Waals surface area contributed by atoms with Crippen LogP contribution in [0.25, 0.3) is 11.1 Å². The Morgan fingerprint density at radius 2 is 1.49 bits per heavy atom. The van der Waals surface area contributed by atoms with Gasteiger partial charge in [-0.3, -0.25) is 4.90 Å². The van der Waals surface area contributed by atoms with Gasteiger partial charge < -0.3 is 28.8 Å². The summed E-state index contributed by atoms with van der Waals surface area (Å²) in [7, 11) is 8.17. The van der Waals surface area contributed by atoms with E-state index in [1.165, 1.54) is 11.1 Å². The van der Waals surface area contributed by atoms with E-state index in [1.54, 1.807) is 41.6 Å². The van der Waals surface area contributed by atoms with E-state index in [-0.39, 0.29) is 11.8 Å². The second-order valence-electron chi connectivity index (χ2n) is 8.51. The standard InChI is InChI=1S/C26H27NO5.C2H6O/c1-29-21-6-4-5-7-22(21)32-15-27-11-10-16-8-9-20(28)26-18-14-24(31-3)23(30-2)13-17(18)12-19(27)25(16)26;1-3-2/h4-9,13-14,19,28H,10-12,15H2,1-3H3;1-2H3. The Balaban J connectivity index is 0.000000917. The molecule has 5 rings (SSSR count). The average molecular weight is 480 g/mol. The largest absolute Gasteiger partial charge is 0.507 e. The third kappa shape index (κ3) is 4.74. The molecule has 7 heteroatoms. The van der Waals surface area contributed by atoms with Gasteiger partial charge >= 0.3 is 0 Å². The van der Waals surface area contributed by atoms with Crippen molar-refractivity contribution in [3.8, 4) is 39.9 Å². The summed E-state index contributed by atoms with van der Waals surface area (Å²) in [6.45, 7) is 1.31. The maximum absolute atomic E-state index is 10.9. The molecule has 1 atom stereocenters. The van der Waals surface area contributed by atoms with Crippen molar-refractivity contribution >= 4 is 0 Å². The molecule has 3 aromatic carbocycles. The SMILES string of the molecule is COC.COc1cc2c(cc1OC)-c1c(O)ccc3c1C(C2)N(COc1ccccc1OC)CC3. The second kappa shape index (κ2) is 10.9. The minimum Gasteiger partial charge on any atom is -0.507 e. The van der Waals surface area contributed by atoms with Crippen molar-refractivity contribution < 1.29 is 28.8 Å². The number of hydrogen-bond acceptors (Lipinski definition) is 7. The van der Waals surface area contributed by atoms with Crippen molar-refractivity contribution in [1.82, 2.24) is 4.90 Å². The number of methoxy groups -OCH3 is 4. The minimum atomic E-state index is 0.0983. The van der Waals surface area contributed by atoms with E-state index < -0.39 is 0 Å². The highest BCUT2D eigenvalue weighted by atomic mass is 16.5. The Hall–Kier alpha value is -3.42. The summed E-state index contributed by atoms with van der Waals surface area (Å²) in [6.07, 6.45) is 1.70.